The molecule has 2 aromatic heterocycles. The summed E-state index contributed by atoms with van der Waals surface area (Å²) < 4.78 is 1.72. The zero-order valence-electron chi connectivity index (χ0n) is 12.5. The summed E-state index contributed by atoms with van der Waals surface area (Å²) >= 11 is 1.66. The van der Waals surface area contributed by atoms with Crippen LogP contribution in [-0.4, -0.2) is 32.1 Å². The first-order chi connectivity index (χ1) is 10.1. The number of carbonyl (C=O) groups is 1. The van der Waals surface area contributed by atoms with Gasteiger partial charge in [-0.25, -0.2) is 4.98 Å². The lowest BCUT2D eigenvalue weighted by atomic mass is 10.0. The molecule has 1 aliphatic rings. The highest BCUT2D eigenvalue weighted by atomic mass is 32.1. The van der Waals surface area contributed by atoms with Gasteiger partial charge in [-0.3, -0.25) is 9.48 Å². The quantitative estimate of drug-likeness (QED) is 0.876. The van der Waals surface area contributed by atoms with Crippen molar-refractivity contribution >= 4 is 17.2 Å². The fourth-order valence-corrected chi connectivity index (χ4v) is 3.74. The van der Waals surface area contributed by atoms with Crippen LogP contribution in [0, 0.1) is 13.8 Å². The predicted octanol–water partition coefficient (Wildman–Crippen LogP) is 2.71. The van der Waals surface area contributed by atoms with E-state index < -0.39 is 0 Å². The van der Waals surface area contributed by atoms with Gasteiger partial charge in [0, 0.05) is 23.8 Å². The van der Waals surface area contributed by atoms with Gasteiger partial charge in [0.25, 0.3) is 0 Å². The molecule has 1 atom stereocenters. The van der Waals surface area contributed by atoms with Crippen LogP contribution >= 0.6 is 11.3 Å². The zero-order valence-corrected chi connectivity index (χ0v) is 13.3. The lowest BCUT2D eigenvalue weighted by Crippen LogP contribution is -2.40. The number of hydrogen-bond donors (Lipinski definition) is 0. The van der Waals surface area contributed by atoms with E-state index in [2.05, 4.69) is 15.5 Å². The van der Waals surface area contributed by atoms with Crippen LogP contribution in [0.3, 0.4) is 0 Å². The SMILES string of the molecule is Cc1cnn(CC(=O)N2CCCCC2c2nc(C)cs2)c1. The molecule has 3 rings (SSSR count). The van der Waals surface area contributed by atoms with E-state index in [0.29, 0.717) is 6.54 Å². The lowest BCUT2D eigenvalue weighted by molar-refractivity contribution is -0.135. The van der Waals surface area contributed by atoms with E-state index in [4.69, 9.17) is 0 Å². The monoisotopic (exact) mass is 304 g/mol. The topological polar surface area (TPSA) is 51.0 Å². The summed E-state index contributed by atoms with van der Waals surface area (Å²) in [6, 6.07) is 0.140. The standard InChI is InChI=1S/C15H20N4OS/c1-11-7-16-18(8-11)9-14(20)19-6-4-3-5-13(19)15-17-12(2)10-21-15/h7-8,10,13H,3-6,9H2,1-2H3. The maximum Gasteiger partial charge on any atom is 0.244 e. The summed E-state index contributed by atoms with van der Waals surface area (Å²) in [5, 5.41) is 7.33. The molecular weight excluding hydrogens is 284 g/mol. The molecule has 1 unspecified atom stereocenters. The first kappa shape index (κ1) is 14.3. The summed E-state index contributed by atoms with van der Waals surface area (Å²) in [6.45, 7) is 5.12. The fraction of sp³-hybridized carbons (Fsp3) is 0.533. The number of aryl methyl sites for hydroxylation is 2. The highest BCUT2D eigenvalue weighted by molar-refractivity contribution is 7.09. The number of piperidine rings is 1. The van der Waals surface area contributed by atoms with Crippen molar-refractivity contribution in [3.8, 4) is 0 Å². The second-order valence-electron chi connectivity index (χ2n) is 5.64. The van der Waals surface area contributed by atoms with Crippen LogP contribution in [0.25, 0.3) is 0 Å². The molecule has 3 heterocycles. The molecule has 1 saturated heterocycles. The molecule has 21 heavy (non-hydrogen) atoms. The Morgan fingerprint density at radius 1 is 1.43 bits per heavy atom. The molecule has 1 aliphatic heterocycles. The Hall–Kier alpha value is -1.69. The number of aromatic nitrogens is 3. The van der Waals surface area contributed by atoms with Crippen molar-refractivity contribution < 1.29 is 4.79 Å². The van der Waals surface area contributed by atoms with E-state index in [-0.39, 0.29) is 11.9 Å². The van der Waals surface area contributed by atoms with Gasteiger partial charge < -0.3 is 4.90 Å². The number of likely N-dealkylation sites (tertiary alicyclic amines) is 1. The Morgan fingerprint density at radius 3 is 2.95 bits per heavy atom. The molecule has 0 saturated carbocycles. The molecule has 0 aromatic carbocycles. The van der Waals surface area contributed by atoms with E-state index in [1.165, 1.54) is 0 Å². The van der Waals surface area contributed by atoms with E-state index in [9.17, 15) is 4.79 Å². The van der Waals surface area contributed by atoms with Crippen molar-refractivity contribution in [3.05, 3.63) is 34.0 Å². The van der Waals surface area contributed by atoms with Gasteiger partial charge in [-0.15, -0.1) is 11.3 Å². The van der Waals surface area contributed by atoms with Gasteiger partial charge in [-0.2, -0.15) is 5.10 Å². The maximum atomic E-state index is 12.6. The molecule has 0 radical (unpaired) electrons. The Kier molecular flexibility index (Phi) is 4.05. The Balaban J connectivity index is 1.75. The van der Waals surface area contributed by atoms with E-state index >= 15 is 0 Å². The van der Waals surface area contributed by atoms with Gasteiger partial charge in [0.1, 0.15) is 11.6 Å². The molecule has 0 spiro atoms. The number of carbonyl (C=O) groups excluding carboxylic acids is 1. The minimum absolute atomic E-state index is 0.135. The van der Waals surface area contributed by atoms with Crippen LogP contribution in [0.4, 0.5) is 0 Å². The average Bonchev–Trinajstić information content (AvgIpc) is 3.07. The zero-order chi connectivity index (χ0) is 14.8. The molecular formula is C15H20N4OS. The molecule has 1 fully saturated rings. The van der Waals surface area contributed by atoms with Gasteiger partial charge in [0.2, 0.25) is 5.91 Å². The fourth-order valence-electron chi connectivity index (χ4n) is 2.79. The maximum absolute atomic E-state index is 12.6. The van der Waals surface area contributed by atoms with Crippen LogP contribution in [0.15, 0.2) is 17.8 Å². The molecule has 5 nitrogen and oxygen atoms in total. The normalized spacial score (nSPS) is 19.0. The predicted molar refractivity (Wildman–Crippen MR) is 82.1 cm³/mol. The van der Waals surface area contributed by atoms with Gasteiger partial charge >= 0.3 is 0 Å². The van der Waals surface area contributed by atoms with Crippen molar-refractivity contribution in [2.45, 2.75) is 45.7 Å². The Bertz CT molecular complexity index is 633. The summed E-state index contributed by atoms with van der Waals surface area (Å²) in [7, 11) is 0. The third kappa shape index (κ3) is 3.15. The second kappa shape index (κ2) is 5.97. The minimum Gasteiger partial charge on any atom is -0.332 e. The van der Waals surface area contributed by atoms with Crippen LogP contribution in [-0.2, 0) is 11.3 Å². The summed E-state index contributed by atoms with van der Waals surface area (Å²) in [5.74, 6) is 0.135. The van der Waals surface area contributed by atoms with Crippen molar-refractivity contribution in [1.82, 2.24) is 19.7 Å². The van der Waals surface area contributed by atoms with Gasteiger partial charge in [0.05, 0.1) is 12.2 Å². The van der Waals surface area contributed by atoms with Crippen molar-refractivity contribution in [1.29, 1.82) is 0 Å². The molecule has 1 amide bonds. The van der Waals surface area contributed by atoms with Crippen LogP contribution in [0.2, 0.25) is 0 Å². The summed E-state index contributed by atoms with van der Waals surface area (Å²) in [5.41, 5.74) is 2.12. The highest BCUT2D eigenvalue weighted by Gasteiger charge is 2.29. The molecule has 0 bridgehead atoms. The third-order valence-corrected chi connectivity index (χ3v) is 4.87. The number of rotatable bonds is 3. The number of amides is 1. The number of thiazole rings is 1. The van der Waals surface area contributed by atoms with E-state index in [1.54, 1.807) is 22.2 Å². The summed E-state index contributed by atoms with van der Waals surface area (Å²) in [6.07, 6.45) is 6.94. The molecule has 0 aliphatic carbocycles. The summed E-state index contributed by atoms with van der Waals surface area (Å²) in [4.78, 5) is 19.2. The first-order valence-electron chi connectivity index (χ1n) is 7.34. The average molecular weight is 304 g/mol. The number of hydrogen-bond acceptors (Lipinski definition) is 4. The van der Waals surface area contributed by atoms with Gasteiger partial charge in [-0.1, -0.05) is 0 Å². The Morgan fingerprint density at radius 2 is 2.29 bits per heavy atom. The molecule has 2 aromatic rings. The third-order valence-electron chi connectivity index (χ3n) is 3.80. The smallest absolute Gasteiger partial charge is 0.244 e. The Labute approximate surface area is 128 Å². The minimum atomic E-state index is 0.135. The highest BCUT2D eigenvalue weighted by Crippen LogP contribution is 2.32. The van der Waals surface area contributed by atoms with Crippen molar-refractivity contribution in [3.63, 3.8) is 0 Å². The molecule has 6 heteroatoms. The number of nitrogens with zero attached hydrogens (tertiary/aromatic N) is 4. The van der Waals surface area contributed by atoms with Gasteiger partial charge in [0.15, 0.2) is 0 Å². The van der Waals surface area contributed by atoms with Gasteiger partial charge in [-0.05, 0) is 38.7 Å². The van der Waals surface area contributed by atoms with Crippen LogP contribution < -0.4 is 0 Å². The van der Waals surface area contributed by atoms with E-state index in [1.807, 2.05) is 24.9 Å². The first-order valence-corrected chi connectivity index (χ1v) is 8.22. The van der Waals surface area contributed by atoms with Crippen molar-refractivity contribution in [2.75, 3.05) is 6.54 Å². The largest absolute Gasteiger partial charge is 0.332 e. The van der Waals surface area contributed by atoms with Crippen molar-refractivity contribution in [2.24, 2.45) is 0 Å². The molecule has 0 N–H and O–H groups in total. The van der Waals surface area contributed by atoms with Crippen LogP contribution in [0.1, 0.15) is 41.6 Å². The second-order valence-corrected chi connectivity index (χ2v) is 6.53. The molecule has 112 valence electrons. The van der Waals surface area contributed by atoms with Crippen LogP contribution in [0.5, 0.6) is 0 Å². The van der Waals surface area contributed by atoms with E-state index in [0.717, 1.165) is 42.1 Å². The lowest BCUT2D eigenvalue weighted by Gasteiger charge is -2.34.